The van der Waals surface area contributed by atoms with Gasteiger partial charge < -0.3 is 4.90 Å². The van der Waals surface area contributed by atoms with Crippen molar-refractivity contribution in [2.24, 2.45) is 0 Å². The second kappa shape index (κ2) is 5.43. The van der Waals surface area contributed by atoms with E-state index >= 15 is 0 Å². The smallest absolute Gasteiger partial charge is 0.246 e. The summed E-state index contributed by atoms with van der Waals surface area (Å²) in [5.41, 5.74) is 1.28. The highest BCUT2D eigenvalue weighted by molar-refractivity contribution is 7.16. The normalized spacial score (nSPS) is 15.1. The summed E-state index contributed by atoms with van der Waals surface area (Å²) in [6, 6.07) is 4.08. The average Bonchev–Trinajstić information content (AvgIpc) is 3.14. The van der Waals surface area contributed by atoms with Crippen molar-refractivity contribution >= 4 is 33.5 Å². The van der Waals surface area contributed by atoms with E-state index in [9.17, 15) is 10.1 Å². The predicted molar refractivity (Wildman–Crippen MR) is 79.2 cm³/mol. The Balaban J connectivity index is 1.95. The third-order valence-electron chi connectivity index (χ3n) is 3.47. The number of thiophene rings is 1. The summed E-state index contributed by atoms with van der Waals surface area (Å²) in [4.78, 5) is 19.0. The van der Waals surface area contributed by atoms with Crippen molar-refractivity contribution in [2.75, 3.05) is 13.1 Å². The summed E-state index contributed by atoms with van der Waals surface area (Å²) >= 11 is 1.53. The number of aromatic nitrogens is 1. The molecule has 0 bridgehead atoms. The molecule has 3 rings (SSSR count). The van der Waals surface area contributed by atoms with Crippen LogP contribution in [-0.4, -0.2) is 28.9 Å². The summed E-state index contributed by atoms with van der Waals surface area (Å²) in [5, 5.41) is 12.0. The molecule has 1 aliphatic rings. The molecule has 0 radical (unpaired) electrons. The SMILES string of the molecule is N#Cc1cnc2sccc2c1/C=C/C(=O)N1CCCC1. The monoisotopic (exact) mass is 283 g/mol. The molecule has 1 aliphatic heterocycles. The van der Waals surface area contributed by atoms with E-state index in [1.165, 1.54) is 11.3 Å². The number of nitriles is 1. The average molecular weight is 283 g/mol. The third-order valence-corrected chi connectivity index (χ3v) is 4.29. The third kappa shape index (κ3) is 2.30. The van der Waals surface area contributed by atoms with Gasteiger partial charge in [-0.1, -0.05) is 0 Å². The van der Waals surface area contributed by atoms with Gasteiger partial charge in [0.25, 0.3) is 0 Å². The van der Waals surface area contributed by atoms with Crippen LogP contribution in [0.4, 0.5) is 0 Å². The van der Waals surface area contributed by atoms with Gasteiger partial charge in [0.05, 0.1) is 5.56 Å². The maximum absolute atomic E-state index is 12.0. The molecule has 0 unspecified atom stereocenters. The van der Waals surface area contributed by atoms with E-state index in [2.05, 4.69) is 11.1 Å². The van der Waals surface area contributed by atoms with Gasteiger partial charge in [0.2, 0.25) is 5.91 Å². The van der Waals surface area contributed by atoms with Crippen molar-refractivity contribution in [3.63, 3.8) is 0 Å². The largest absolute Gasteiger partial charge is 0.339 e. The van der Waals surface area contributed by atoms with E-state index < -0.39 is 0 Å². The molecule has 3 heterocycles. The molecular weight excluding hydrogens is 270 g/mol. The second-order valence-electron chi connectivity index (χ2n) is 4.70. The van der Waals surface area contributed by atoms with Crippen molar-refractivity contribution in [2.45, 2.75) is 12.8 Å². The molecule has 0 aromatic carbocycles. The summed E-state index contributed by atoms with van der Waals surface area (Å²) in [6.07, 6.45) is 7.04. The molecule has 0 aliphatic carbocycles. The molecule has 0 saturated carbocycles. The molecule has 5 heteroatoms. The van der Waals surface area contributed by atoms with Gasteiger partial charge in [0.15, 0.2) is 0 Å². The molecule has 2 aromatic rings. The van der Waals surface area contributed by atoms with Crippen molar-refractivity contribution in [3.8, 4) is 6.07 Å². The zero-order valence-corrected chi connectivity index (χ0v) is 11.7. The lowest BCUT2D eigenvalue weighted by Crippen LogP contribution is -2.25. The Kier molecular flexibility index (Phi) is 3.48. The number of amides is 1. The highest BCUT2D eigenvalue weighted by Crippen LogP contribution is 2.25. The molecule has 0 spiro atoms. The molecule has 4 nitrogen and oxygen atoms in total. The van der Waals surface area contributed by atoms with Crippen LogP contribution >= 0.6 is 11.3 Å². The van der Waals surface area contributed by atoms with Gasteiger partial charge in [0, 0.05) is 36.3 Å². The Hall–Kier alpha value is -2.19. The number of hydrogen-bond acceptors (Lipinski definition) is 4. The lowest BCUT2D eigenvalue weighted by molar-refractivity contribution is -0.124. The van der Waals surface area contributed by atoms with Crippen molar-refractivity contribution in [3.05, 3.63) is 34.8 Å². The van der Waals surface area contributed by atoms with Crippen LogP contribution in [0.5, 0.6) is 0 Å². The van der Waals surface area contributed by atoms with Crippen molar-refractivity contribution < 1.29 is 4.79 Å². The van der Waals surface area contributed by atoms with Crippen LogP contribution in [0.1, 0.15) is 24.0 Å². The van der Waals surface area contributed by atoms with E-state index in [4.69, 9.17) is 0 Å². The first kappa shape index (κ1) is 12.8. The fourth-order valence-corrected chi connectivity index (χ4v) is 3.16. The lowest BCUT2D eigenvalue weighted by Gasteiger charge is -2.11. The molecule has 20 heavy (non-hydrogen) atoms. The van der Waals surface area contributed by atoms with E-state index in [1.807, 2.05) is 16.3 Å². The van der Waals surface area contributed by atoms with E-state index in [1.54, 1.807) is 18.3 Å². The number of nitrogens with zero attached hydrogens (tertiary/aromatic N) is 3. The number of carbonyl (C=O) groups is 1. The standard InChI is InChI=1S/C15H13N3OS/c16-9-11-10-17-15-13(5-8-20-15)12(11)3-4-14(19)18-6-1-2-7-18/h3-5,8,10H,1-2,6-7H2/b4-3+. The van der Waals surface area contributed by atoms with E-state index in [0.29, 0.717) is 5.56 Å². The van der Waals surface area contributed by atoms with Gasteiger partial charge in [-0.3, -0.25) is 4.79 Å². The summed E-state index contributed by atoms with van der Waals surface area (Å²) < 4.78 is 0. The zero-order valence-electron chi connectivity index (χ0n) is 10.9. The maximum atomic E-state index is 12.0. The quantitative estimate of drug-likeness (QED) is 0.796. The molecule has 0 N–H and O–H groups in total. The first-order chi connectivity index (χ1) is 9.79. The first-order valence-corrected chi connectivity index (χ1v) is 7.41. The van der Waals surface area contributed by atoms with Crippen molar-refractivity contribution in [1.82, 2.24) is 9.88 Å². The van der Waals surface area contributed by atoms with Gasteiger partial charge in [-0.25, -0.2) is 4.98 Å². The summed E-state index contributed by atoms with van der Waals surface area (Å²) in [6.45, 7) is 1.66. The van der Waals surface area contributed by atoms with Crippen LogP contribution < -0.4 is 0 Å². The molecule has 0 atom stereocenters. The van der Waals surface area contributed by atoms with Crippen molar-refractivity contribution in [1.29, 1.82) is 5.26 Å². The zero-order chi connectivity index (χ0) is 13.9. The molecule has 1 saturated heterocycles. The Morgan fingerprint density at radius 1 is 1.45 bits per heavy atom. The minimum absolute atomic E-state index is 0.0200. The second-order valence-corrected chi connectivity index (χ2v) is 5.60. The van der Waals surface area contributed by atoms with E-state index in [0.717, 1.165) is 41.7 Å². The molecule has 1 amide bonds. The number of fused-ring (bicyclic) bond motifs is 1. The fraction of sp³-hybridized carbons (Fsp3) is 0.267. The van der Waals surface area contributed by atoms with E-state index in [-0.39, 0.29) is 5.91 Å². The van der Waals surface area contributed by atoms with Crippen LogP contribution in [0, 0.1) is 11.3 Å². The van der Waals surface area contributed by atoms with Crippen LogP contribution in [0.2, 0.25) is 0 Å². The number of likely N-dealkylation sites (tertiary alicyclic amines) is 1. The Bertz CT molecular complexity index is 720. The minimum atomic E-state index is 0.0200. The number of pyridine rings is 1. The number of hydrogen-bond donors (Lipinski definition) is 0. The highest BCUT2D eigenvalue weighted by Gasteiger charge is 2.15. The summed E-state index contributed by atoms with van der Waals surface area (Å²) in [5.74, 6) is 0.0200. The van der Waals surface area contributed by atoms with Crippen LogP contribution in [0.15, 0.2) is 23.7 Å². The topological polar surface area (TPSA) is 57.0 Å². The molecule has 2 aromatic heterocycles. The van der Waals surface area contributed by atoms with Gasteiger partial charge in [-0.2, -0.15) is 5.26 Å². The Morgan fingerprint density at radius 3 is 3.00 bits per heavy atom. The van der Waals surface area contributed by atoms with Gasteiger partial charge in [-0.15, -0.1) is 11.3 Å². The molecular formula is C15H13N3OS. The number of carbonyl (C=O) groups excluding carboxylic acids is 1. The maximum Gasteiger partial charge on any atom is 0.246 e. The van der Waals surface area contributed by atoms with Gasteiger partial charge >= 0.3 is 0 Å². The first-order valence-electron chi connectivity index (χ1n) is 6.53. The lowest BCUT2D eigenvalue weighted by atomic mass is 10.1. The molecule has 1 fully saturated rings. The Labute approximate surface area is 121 Å². The highest BCUT2D eigenvalue weighted by atomic mass is 32.1. The van der Waals surface area contributed by atoms with Gasteiger partial charge in [-0.05, 0) is 30.4 Å². The Morgan fingerprint density at radius 2 is 2.25 bits per heavy atom. The minimum Gasteiger partial charge on any atom is -0.339 e. The molecule has 100 valence electrons. The van der Waals surface area contributed by atoms with Crippen LogP contribution in [0.3, 0.4) is 0 Å². The van der Waals surface area contributed by atoms with Gasteiger partial charge in [0.1, 0.15) is 10.9 Å². The predicted octanol–water partition coefficient (Wildman–Crippen LogP) is 2.80. The number of rotatable bonds is 2. The summed E-state index contributed by atoms with van der Waals surface area (Å²) in [7, 11) is 0. The fourth-order valence-electron chi connectivity index (χ4n) is 2.41. The van der Waals surface area contributed by atoms with Crippen LogP contribution in [-0.2, 0) is 4.79 Å². The van der Waals surface area contributed by atoms with Crippen LogP contribution in [0.25, 0.3) is 16.3 Å².